The van der Waals surface area contributed by atoms with E-state index in [1.54, 1.807) is 0 Å². The molecule has 6 heteroatoms. The van der Waals surface area contributed by atoms with Gasteiger partial charge in [0.1, 0.15) is 5.82 Å². The van der Waals surface area contributed by atoms with Gasteiger partial charge in [-0.3, -0.25) is 4.57 Å². The largest absolute Gasteiger partial charge is 0.375 e. The molecule has 1 saturated carbocycles. The third-order valence-electron chi connectivity index (χ3n) is 5.68. The lowest BCUT2D eigenvalue weighted by Gasteiger charge is -2.30. The van der Waals surface area contributed by atoms with Crippen LogP contribution in [-0.4, -0.2) is 27.0 Å². The summed E-state index contributed by atoms with van der Waals surface area (Å²) in [6.07, 6.45) is 6.23. The normalized spacial score (nSPS) is 23.8. The van der Waals surface area contributed by atoms with Crippen LogP contribution in [0.2, 0.25) is 5.02 Å². The Morgan fingerprint density at radius 2 is 2.04 bits per heavy atom. The Morgan fingerprint density at radius 1 is 1.23 bits per heavy atom. The predicted molar refractivity (Wildman–Crippen MR) is 103 cm³/mol. The number of rotatable bonds is 4. The molecule has 2 aliphatic rings. The zero-order valence-electron chi connectivity index (χ0n) is 15.5. The number of nitrogens with zero attached hydrogens (tertiary/aromatic N) is 3. The molecule has 0 bridgehead atoms. The highest BCUT2D eigenvalue weighted by Crippen LogP contribution is 2.36. The lowest BCUT2D eigenvalue weighted by Crippen LogP contribution is -2.25. The van der Waals surface area contributed by atoms with Gasteiger partial charge in [-0.05, 0) is 62.8 Å². The highest BCUT2D eigenvalue weighted by Gasteiger charge is 2.30. The Hall–Kier alpha value is -1.43. The molecule has 0 spiro atoms. The number of hydrogen-bond acceptors (Lipinski definition) is 4. The van der Waals surface area contributed by atoms with Gasteiger partial charge in [0.2, 0.25) is 0 Å². The molecule has 2 aromatic rings. The van der Waals surface area contributed by atoms with Crippen molar-refractivity contribution in [3.8, 4) is 5.69 Å². The molecule has 1 aliphatic heterocycles. The van der Waals surface area contributed by atoms with Gasteiger partial charge >= 0.3 is 0 Å². The monoisotopic (exact) mass is 374 g/mol. The number of fused-ring (bicyclic) bond motifs is 3. The highest BCUT2D eigenvalue weighted by atomic mass is 35.5. The maximum absolute atomic E-state index is 6.21. The average molecular weight is 375 g/mol. The molecule has 1 atom stereocenters. The first-order valence-electron chi connectivity index (χ1n) is 9.75. The van der Waals surface area contributed by atoms with E-state index in [2.05, 4.69) is 40.0 Å². The minimum atomic E-state index is 0.351. The maximum atomic E-state index is 6.21. The van der Waals surface area contributed by atoms with Crippen LogP contribution >= 0.6 is 11.6 Å². The van der Waals surface area contributed by atoms with E-state index in [-0.39, 0.29) is 0 Å². The molecule has 1 N–H and O–H groups in total. The summed E-state index contributed by atoms with van der Waals surface area (Å²) in [7, 11) is 0. The van der Waals surface area contributed by atoms with E-state index in [9.17, 15) is 0 Å². The highest BCUT2D eigenvalue weighted by molar-refractivity contribution is 6.30. The zero-order valence-corrected chi connectivity index (χ0v) is 16.3. The third-order valence-corrected chi connectivity index (χ3v) is 5.91. The van der Waals surface area contributed by atoms with Gasteiger partial charge in [-0.1, -0.05) is 18.5 Å². The fourth-order valence-electron chi connectivity index (χ4n) is 4.08. The summed E-state index contributed by atoms with van der Waals surface area (Å²) in [5.41, 5.74) is 2.36. The predicted octanol–water partition coefficient (Wildman–Crippen LogP) is 4.37. The first kappa shape index (κ1) is 18.0. The van der Waals surface area contributed by atoms with Crippen LogP contribution in [0.15, 0.2) is 18.2 Å². The van der Waals surface area contributed by atoms with Gasteiger partial charge < -0.3 is 10.1 Å². The first-order valence-corrected chi connectivity index (χ1v) is 10.1. The Kier molecular flexibility index (Phi) is 5.30. The van der Waals surface area contributed by atoms with E-state index in [1.807, 2.05) is 12.1 Å². The lowest BCUT2D eigenvalue weighted by molar-refractivity contribution is -0.0251. The summed E-state index contributed by atoms with van der Waals surface area (Å²) in [4.78, 5) is 0. The molecule has 1 unspecified atom stereocenters. The van der Waals surface area contributed by atoms with Crippen molar-refractivity contribution in [3.05, 3.63) is 40.4 Å². The standard InChI is InChI=1S/C20H27ClN4O/c1-3-13(2)26-17-7-4-14(5-8-17)20-24-23-19-12-22-11-15-10-16(21)6-9-18(15)25(19)20/h6,9-10,13-14,17,22H,3-5,7-8,11-12H2,1-2H3. The van der Waals surface area contributed by atoms with E-state index in [0.29, 0.717) is 18.1 Å². The van der Waals surface area contributed by atoms with E-state index in [1.165, 1.54) is 5.56 Å². The van der Waals surface area contributed by atoms with Crippen molar-refractivity contribution in [3.63, 3.8) is 0 Å². The fourth-order valence-corrected chi connectivity index (χ4v) is 4.27. The van der Waals surface area contributed by atoms with Gasteiger partial charge in [0.15, 0.2) is 5.82 Å². The molecule has 4 rings (SSSR count). The van der Waals surface area contributed by atoms with Crippen molar-refractivity contribution in [2.75, 3.05) is 0 Å². The summed E-state index contributed by atoms with van der Waals surface area (Å²) < 4.78 is 8.40. The quantitative estimate of drug-likeness (QED) is 0.863. The number of halogens is 1. The summed E-state index contributed by atoms with van der Waals surface area (Å²) in [6.45, 7) is 5.87. The maximum Gasteiger partial charge on any atom is 0.151 e. The lowest BCUT2D eigenvalue weighted by atomic mass is 9.86. The van der Waals surface area contributed by atoms with Gasteiger partial charge in [-0.2, -0.15) is 0 Å². The molecule has 0 radical (unpaired) electrons. The minimum absolute atomic E-state index is 0.351. The number of hydrogen-bond donors (Lipinski definition) is 1. The van der Waals surface area contributed by atoms with Crippen LogP contribution < -0.4 is 5.32 Å². The second-order valence-corrected chi connectivity index (χ2v) is 7.95. The number of benzene rings is 1. The second-order valence-electron chi connectivity index (χ2n) is 7.52. The number of nitrogens with one attached hydrogen (secondary N) is 1. The van der Waals surface area contributed by atoms with Crippen molar-refractivity contribution in [1.82, 2.24) is 20.1 Å². The minimum Gasteiger partial charge on any atom is -0.375 e. The van der Waals surface area contributed by atoms with Crippen molar-refractivity contribution in [1.29, 1.82) is 0 Å². The Morgan fingerprint density at radius 3 is 2.81 bits per heavy atom. The molecule has 140 valence electrons. The molecule has 0 amide bonds. The SMILES string of the molecule is CCC(C)OC1CCC(c2nnc3n2-c2ccc(Cl)cc2CNC3)CC1. The number of aromatic nitrogens is 3. The molecular formula is C20H27ClN4O. The summed E-state index contributed by atoms with van der Waals surface area (Å²) in [5, 5.41) is 13.3. The fraction of sp³-hybridized carbons (Fsp3) is 0.600. The van der Waals surface area contributed by atoms with E-state index >= 15 is 0 Å². The van der Waals surface area contributed by atoms with Crippen LogP contribution in [0, 0.1) is 0 Å². The van der Waals surface area contributed by atoms with Gasteiger partial charge in [0.05, 0.1) is 24.4 Å². The molecule has 1 aliphatic carbocycles. The van der Waals surface area contributed by atoms with Crippen molar-refractivity contribution in [2.24, 2.45) is 0 Å². The molecule has 1 aromatic heterocycles. The van der Waals surface area contributed by atoms with Crippen molar-refractivity contribution in [2.45, 2.75) is 77.2 Å². The zero-order chi connectivity index (χ0) is 18.1. The Balaban J connectivity index is 1.57. The van der Waals surface area contributed by atoms with Gasteiger partial charge in [-0.15, -0.1) is 10.2 Å². The topological polar surface area (TPSA) is 52.0 Å². The first-order chi connectivity index (χ1) is 12.7. The van der Waals surface area contributed by atoms with Crippen LogP contribution in [0.5, 0.6) is 0 Å². The molecule has 2 heterocycles. The smallest absolute Gasteiger partial charge is 0.151 e. The van der Waals surface area contributed by atoms with Gasteiger partial charge in [0, 0.05) is 17.5 Å². The summed E-state index contributed by atoms with van der Waals surface area (Å²) in [6, 6.07) is 6.09. The molecular weight excluding hydrogens is 348 g/mol. The Labute approximate surface area is 160 Å². The van der Waals surface area contributed by atoms with Gasteiger partial charge in [0.25, 0.3) is 0 Å². The average Bonchev–Trinajstić information content (AvgIpc) is 2.98. The van der Waals surface area contributed by atoms with Crippen molar-refractivity contribution >= 4 is 11.6 Å². The molecule has 0 saturated heterocycles. The van der Waals surface area contributed by atoms with Crippen LogP contribution in [0.25, 0.3) is 5.69 Å². The Bertz CT molecular complexity index is 767. The number of ether oxygens (including phenoxy) is 1. The van der Waals surface area contributed by atoms with E-state index in [4.69, 9.17) is 16.3 Å². The molecule has 1 fully saturated rings. The van der Waals surface area contributed by atoms with Crippen LogP contribution in [0.1, 0.15) is 69.1 Å². The van der Waals surface area contributed by atoms with Crippen LogP contribution in [0.4, 0.5) is 0 Å². The third kappa shape index (κ3) is 3.53. The second kappa shape index (κ2) is 7.67. The van der Waals surface area contributed by atoms with E-state index < -0.39 is 0 Å². The summed E-state index contributed by atoms with van der Waals surface area (Å²) >= 11 is 6.21. The molecule has 5 nitrogen and oxygen atoms in total. The van der Waals surface area contributed by atoms with Gasteiger partial charge in [-0.25, -0.2) is 0 Å². The van der Waals surface area contributed by atoms with Crippen LogP contribution in [0.3, 0.4) is 0 Å². The van der Waals surface area contributed by atoms with Crippen LogP contribution in [-0.2, 0) is 17.8 Å². The summed E-state index contributed by atoms with van der Waals surface area (Å²) in [5.74, 6) is 2.52. The molecule has 26 heavy (non-hydrogen) atoms. The van der Waals surface area contributed by atoms with E-state index in [0.717, 1.165) is 67.6 Å². The molecule has 1 aromatic carbocycles. The van der Waals surface area contributed by atoms with Crippen molar-refractivity contribution < 1.29 is 4.74 Å².